The molecule has 0 unspecified atom stereocenters. The summed E-state index contributed by atoms with van der Waals surface area (Å²) in [7, 11) is 0. The third kappa shape index (κ3) is 2.34. The van der Waals surface area contributed by atoms with Gasteiger partial charge in [-0.2, -0.15) is 5.10 Å². The zero-order valence-corrected chi connectivity index (χ0v) is 8.98. The van der Waals surface area contributed by atoms with Crippen LogP contribution < -0.4 is 5.32 Å². The molecule has 0 fully saturated rings. The van der Waals surface area contributed by atoms with E-state index in [1.165, 1.54) is 18.3 Å². The van der Waals surface area contributed by atoms with Crippen molar-refractivity contribution in [1.29, 1.82) is 0 Å². The number of nitrogens with one attached hydrogen (secondary N) is 2. The number of carbonyl (C=O) groups excluding carboxylic acids is 1. The average molecular weight is 249 g/mol. The minimum Gasteiger partial charge on any atom is -0.478 e. The van der Waals surface area contributed by atoms with Gasteiger partial charge in [0.05, 0.1) is 5.56 Å². The van der Waals surface area contributed by atoms with Crippen LogP contribution in [-0.2, 0) is 0 Å². The van der Waals surface area contributed by atoms with Crippen LogP contribution in [0.3, 0.4) is 0 Å². The number of hydrogen-bond acceptors (Lipinski definition) is 3. The van der Waals surface area contributed by atoms with E-state index < -0.39 is 23.3 Å². The quantitative estimate of drug-likeness (QED) is 0.768. The van der Waals surface area contributed by atoms with E-state index in [2.05, 4.69) is 15.5 Å². The molecule has 0 aliphatic heterocycles. The van der Waals surface area contributed by atoms with Gasteiger partial charge >= 0.3 is 5.97 Å². The number of anilines is 1. The summed E-state index contributed by atoms with van der Waals surface area (Å²) < 4.78 is 13.3. The summed E-state index contributed by atoms with van der Waals surface area (Å²) in [4.78, 5) is 22.2. The zero-order chi connectivity index (χ0) is 13.1. The van der Waals surface area contributed by atoms with Gasteiger partial charge < -0.3 is 10.4 Å². The SMILES string of the molecule is O=C(Nc1ccc(C(=O)O)c(F)c1)c1ccn[nH]1. The van der Waals surface area contributed by atoms with Crippen molar-refractivity contribution in [3.8, 4) is 0 Å². The molecule has 0 aliphatic rings. The number of aromatic nitrogens is 2. The van der Waals surface area contributed by atoms with E-state index in [9.17, 15) is 14.0 Å². The lowest BCUT2D eigenvalue weighted by Crippen LogP contribution is -2.13. The Morgan fingerprint density at radius 1 is 1.33 bits per heavy atom. The summed E-state index contributed by atoms with van der Waals surface area (Å²) in [6, 6.07) is 4.79. The topological polar surface area (TPSA) is 95.1 Å². The largest absolute Gasteiger partial charge is 0.478 e. The van der Waals surface area contributed by atoms with Crippen molar-refractivity contribution in [2.75, 3.05) is 5.32 Å². The summed E-state index contributed by atoms with van der Waals surface area (Å²) in [5.41, 5.74) is -0.0654. The van der Waals surface area contributed by atoms with Gasteiger partial charge in [-0.3, -0.25) is 9.89 Å². The van der Waals surface area contributed by atoms with Gasteiger partial charge in [-0.15, -0.1) is 0 Å². The molecule has 1 amide bonds. The van der Waals surface area contributed by atoms with Crippen molar-refractivity contribution in [3.05, 3.63) is 47.5 Å². The van der Waals surface area contributed by atoms with Crippen LogP contribution in [-0.4, -0.2) is 27.2 Å². The van der Waals surface area contributed by atoms with Gasteiger partial charge in [0, 0.05) is 11.9 Å². The highest BCUT2D eigenvalue weighted by Crippen LogP contribution is 2.15. The molecule has 2 aromatic rings. The lowest BCUT2D eigenvalue weighted by atomic mass is 10.2. The number of carboxylic acids is 1. The molecule has 2 rings (SSSR count). The van der Waals surface area contributed by atoms with Gasteiger partial charge in [0.15, 0.2) is 0 Å². The van der Waals surface area contributed by atoms with Crippen molar-refractivity contribution in [2.24, 2.45) is 0 Å². The molecule has 0 bridgehead atoms. The molecular weight excluding hydrogens is 241 g/mol. The number of hydrogen-bond donors (Lipinski definition) is 3. The number of carboxylic acid groups (broad SMARTS) is 1. The Kier molecular flexibility index (Phi) is 3.05. The number of carbonyl (C=O) groups is 2. The molecule has 92 valence electrons. The Morgan fingerprint density at radius 2 is 2.11 bits per heavy atom. The van der Waals surface area contributed by atoms with Gasteiger partial charge in [-0.1, -0.05) is 0 Å². The van der Waals surface area contributed by atoms with Crippen LogP contribution in [0.25, 0.3) is 0 Å². The van der Waals surface area contributed by atoms with E-state index >= 15 is 0 Å². The third-order valence-electron chi connectivity index (χ3n) is 2.20. The Morgan fingerprint density at radius 3 is 2.67 bits per heavy atom. The number of amides is 1. The summed E-state index contributed by atoms with van der Waals surface area (Å²) in [6.45, 7) is 0. The lowest BCUT2D eigenvalue weighted by molar-refractivity contribution is 0.0692. The fourth-order valence-electron chi connectivity index (χ4n) is 1.35. The van der Waals surface area contributed by atoms with Gasteiger partial charge in [0.25, 0.3) is 5.91 Å². The third-order valence-corrected chi connectivity index (χ3v) is 2.20. The molecule has 0 atom stereocenters. The number of nitrogens with zero attached hydrogens (tertiary/aromatic N) is 1. The molecule has 0 radical (unpaired) electrons. The molecule has 0 saturated carbocycles. The van der Waals surface area contributed by atoms with Crippen molar-refractivity contribution in [3.63, 3.8) is 0 Å². The highest BCUT2D eigenvalue weighted by molar-refractivity contribution is 6.03. The van der Waals surface area contributed by atoms with Crippen molar-refractivity contribution >= 4 is 17.6 Å². The molecule has 0 aliphatic carbocycles. The van der Waals surface area contributed by atoms with Crippen LogP contribution in [0.4, 0.5) is 10.1 Å². The van der Waals surface area contributed by atoms with E-state index in [0.29, 0.717) is 0 Å². The zero-order valence-electron chi connectivity index (χ0n) is 8.98. The summed E-state index contributed by atoms with van der Waals surface area (Å²) in [5.74, 6) is -2.76. The summed E-state index contributed by atoms with van der Waals surface area (Å²) in [5, 5.41) is 17.1. The molecular formula is C11H8FN3O3. The second-order valence-corrected chi connectivity index (χ2v) is 3.42. The number of H-pyrrole nitrogens is 1. The first-order valence-electron chi connectivity index (χ1n) is 4.91. The normalized spacial score (nSPS) is 10.1. The second kappa shape index (κ2) is 4.66. The highest BCUT2D eigenvalue weighted by atomic mass is 19.1. The number of aromatic amines is 1. The molecule has 0 saturated heterocycles. The number of benzene rings is 1. The molecule has 18 heavy (non-hydrogen) atoms. The first-order chi connectivity index (χ1) is 8.58. The van der Waals surface area contributed by atoms with Crippen LogP contribution in [0.1, 0.15) is 20.8 Å². The van der Waals surface area contributed by atoms with E-state index in [4.69, 9.17) is 5.11 Å². The fraction of sp³-hybridized carbons (Fsp3) is 0. The maximum absolute atomic E-state index is 13.3. The second-order valence-electron chi connectivity index (χ2n) is 3.42. The van der Waals surface area contributed by atoms with Crippen LogP contribution >= 0.6 is 0 Å². The Bertz CT molecular complexity index is 596. The molecule has 0 spiro atoms. The lowest BCUT2D eigenvalue weighted by Gasteiger charge is -2.04. The molecule has 1 heterocycles. The standard InChI is InChI=1S/C11H8FN3O3/c12-8-5-6(1-2-7(8)11(17)18)14-10(16)9-3-4-13-15-9/h1-5H,(H,13,15)(H,14,16)(H,17,18). The maximum Gasteiger partial charge on any atom is 0.338 e. The van der Waals surface area contributed by atoms with Crippen molar-refractivity contribution < 1.29 is 19.1 Å². The molecule has 6 nitrogen and oxygen atoms in total. The van der Waals surface area contributed by atoms with Crippen LogP contribution in [0.2, 0.25) is 0 Å². The molecule has 3 N–H and O–H groups in total. The molecule has 1 aromatic heterocycles. The molecule has 7 heteroatoms. The van der Waals surface area contributed by atoms with Gasteiger partial charge in [-0.05, 0) is 24.3 Å². The van der Waals surface area contributed by atoms with Crippen LogP contribution in [0.5, 0.6) is 0 Å². The average Bonchev–Trinajstić information content (AvgIpc) is 2.81. The van der Waals surface area contributed by atoms with Crippen LogP contribution in [0, 0.1) is 5.82 Å². The minimum atomic E-state index is -1.36. The van der Waals surface area contributed by atoms with E-state index in [0.717, 1.165) is 12.1 Å². The minimum absolute atomic E-state index is 0.164. The summed E-state index contributed by atoms with van der Waals surface area (Å²) >= 11 is 0. The maximum atomic E-state index is 13.3. The summed E-state index contributed by atoms with van der Waals surface area (Å²) in [6.07, 6.45) is 1.41. The predicted octanol–water partition coefficient (Wildman–Crippen LogP) is 1.50. The van der Waals surface area contributed by atoms with E-state index in [-0.39, 0.29) is 11.4 Å². The van der Waals surface area contributed by atoms with E-state index in [1.807, 2.05) is 0 Å². The van der Waals surface area contributed by atoms with Gasteiger partial charge in [0.2, 0.25) is 0 Å². The van der Waals surface area contributed by atoms with Crippen molar-refractivity contribution in [1.82, 2.24) is 10.2 Å². The first-order valence-corrected chi connectivity index (χ1v) is 4.91. The number of halogens is 1. The monoisotopic (exact) mass is 249 g/mol. The first kappa shape index (κ1) is 11.8. The smallest absolute Gasteiger partial charge is 0.338 e. The molecule has 1 aromatic carbocycles. The van der Waals surface area contributed by atoms with E-state index in [1.54, 1.807) is 0 Å². The predicted molar refractivity (Wildman–Crippen MR) is 59.9 cm³/mol. The Labute approximate surface area is 100 Å². The number of aromatic carboxylic acids is 1. The number of rotatable bonds is 3. The van der Waals surface area contributed by atoms with Gasteiger partial charge in [0.1, 0.15) is 11.5 Å². The van der Waals surface area contributed by atoms with Crippen LogP contribution in [0.15, 0.2) is 30.5 Å². The van der Waals surface area contributed by atoms with Crippen molar-refractivity contribution in [2.45, 2.75) is 0 Å². The Hall–Kier alpha value is -2.70. The Balaban J connectivity index is 2.18. The highest BCUT2D eigenvalue weighted by Gasteiger charge is 2.12. The van der Waals surface area contributed by atoms with Gasteiger partial charge in [-0.25, -0.2) is 9.18 Å². The fourth-order valence-corrected chi connectivity index (χ4v) is 1.35.